The summed E-state index contributed by atoms with van der Waals surface area (Å²) in [7, 11) is 1.66. The van der Waals surface area contributed by atoms with Gasteiger partial charge in [0.15, 0.2) is 0 Å². The van der Waals surface area contributed by atoms with Crippen LogP contribution in [0.3, 0.4) is 0 Å². The fourth-order valence-electron chi connectivity index (χ4n) is 3.79. The van der Waals surface area contributed by atoms with Gasteiger partial charge in [0.2, 0.25) is 0 Å². The van der Waals surface area contributed by atoms with Crippen molar-refractivity contribution in [3.05, 3.63) is 83.7 Å². The molecule has 0 fully saturated rings. The van der Waals surface area contributed by atoms with E-state index < -0.39 is 0 Å². The van der Waals surface area contributed by atoms with Crippen molar-refractivity contribution in [2.24, 2.45) is 0 Å². The van der Waals surface area contributed by atoms with Crippen molar-refractivity contribution in [1.82, 2.24) is 10.3 Å². The third-order valence-corrected chi connectivity index (χ3v) is 5.27. The van der Waals surface area contributed by atoms with Crippen LogP contribution in [-0.4, -0.2) is 31.1 Å². The Labute approximate surface area is 171 Å². The molecule has 2 aromatic carbocycles. The highest BCUT2D eigenvalue weighted by atomic mass is 16.5. The summed E-state index contributed by atoms with van der Waals surface area (Å²) >= 11 is 0. The van der Waals surface area contributed by atoms with Crippen molar-refractivity contribution >= 4 is 17.3 Å². The lowest BCUT2D eigenvalue weighted by Gasteiger charge is -2.31. The van der Waals surface area contributed by atoms with E-state index in [-0.39, 0.29) is 5.91 Å². The molecule has 1 aliphatic rings. The van der Waals surface area contributed by atoms with Gasteiger partial charge in [0.05, 0.1) is 19.0 Å². The summed E-state index contributed by atoms with van der Waals surface area (Å²) in [5.41, 5.74) is 5.11. The first-order chi connectivity index (χ1) is 14.3. The van der Waals surface area contributed by atoms with E-state index in [2.05, 4.69) is 39.5 Å². The van der Waals surface area contributed by atoms with E-state index >= 15 is 0 Å². The lowest BCUT2D eigenvalue weighted by Crippen LogP contribution is -2.27. The Morgan fingerprint density at radius 2 is 1.93 bits per heavy atom. The van der Waals surface area contributed by atoms with Gasteiger partial charge in [-0.2, -0.15) is 0 Å². The summed E-state index contributed by atoms with van der Waals surface area (Å²) in [5.74, 6) is 0.677. The van der Waals surface area contributed by atoms with Gasteiger partial charge in [0.25, 0.3) is 5.91 Å². The van der Waals surface area contributed by atoms with E-state index in [1.807, 2.05) is 30.3 Å². The third-order valence-electron chi connectivity index (χ3n) is 5.27. The first-order valence-corrected chi connectivity index (χ1v) is 9.98. The molecule has 0 bridgehead atoms. The van der Waals surface area contributed by atoms with E-state index in [0.717, 1.165) is 36.4 Å². The summed E-state index contributed by atoms with van der Waals surface area (Å²) in [4.78, 5) is 19.1. The zero-order valence-corrected chi connectivity index (χ0v) is 16.6. The minimum atomic E-state index is -0.162. The van der Waals surface area contributed by atoms with Crippen molar-refractivity contribution in [2.45, 2.75) is 19.3 Å². The van der Waals surface area contributed by atoms with Gasteiger partial charge >= 0.3 is 0 Å². The molecule has 0 atom stereocenters. The van der Waals surface area contributed by atoms with Crippen LogP contribution in [0.1, 0.15) is 28.0 Å². The topological polar surface area (TPSA) is 54.5 Å². The summed E-state index contributed by atoms with van der Waals surface area (Å²) in [6, 6.07) is 20.1. The number of methoxy groups -OCH3 is 1. The predicted octanol–water partition coefficient (Wildman–Crippen LogP) is 4.15. The van der Waals surface area contributed by atoms with Crippen LogP contribution in [0.25, 0.3) is 0 Å². The van der Waals surface area contributed by atoms with Gasteiger partial charge in [-0.05, 0) is 54.7 Å². The van der Waals surface area contributed by atoms with Gasteiger partial charge in [-0.25, -0.2) is 4.98 Å². The molecule has 29 heavy (non-hydrogen) atoms. The zero-order valence-electron chi connectivity index (χ0n) is 16.6. The van der Waals surface area contributed by atoms with E-state index in [1.165, 1.54) is 11.3 Å². The molecule has 0 unspecified atom stereocenters. The van der Waals surface area contributed by atoms with Crippen molar-refractivity contribution in [3.8, 4) is 5.75 Å². The maximum atomic E-state index is 12.5. The number of aryl methyl sites for hydroxylation is 1. The average molecular weight is 387 g/mol. The highest BCUT2D eigenvalue weighted by Crippen LogP contribution is 2.32. The Bertz CT molecular complexity index is 985. The molecule has 148 valence electrons. The molecule has 1 amide bonds. The predicted molar refractivity (Wildman–Crippen MR) is 115 cm³/mol. The second kappa shape index (κ2) is 8.78. The molecule has 0 spiro atoms. The van der Waals surface area contributed by atoms with Crippen LogP contribution in [-0.2, 0) is 12.8 Å². The largest absolute Gasteiger partial charge is 0.496 e. The van der Waals surface area contributed by atoms with Crippen LogP contribution in [0.4, 0.5) is 11.4 Å². The highest BCUT2D eigenvalue weighted by Gasteiger charge is 2.18. The fraction of sp³-hybridized carbons (Fsp3) is 0.250. The van der Waals surface area contributed by atoms with Crippen LogP contribution in [0.15, 0.2) is 66.9 Å². The number of carbonyl (C=O) groups excluding carboxylic acids is 1. The molecular formula is C24H25N3O2. The van der Waals surface area contributed by atoms with Gasteiger partial charge in [-0.1, -0.05) is 36.4 Å². The summed E-state index contributed by atoms with van der Waals surface area (Å²) in [6.45, 7) is 1.49. The van der Waals surface area contributed by atoms with Crippen LogP contribution in [0.5, 0.6) is 5.75 Å². The number of hydrogen-bond donors (Lipinski definition) is 1. The van der Waals surface area contributed by atoms with Crippen molar-refractivity contribution in [3.63, 3.8) is 0 Å². The molecule has 5 heteroatoms. The number of carbonyl (C=O) groups is 1. The maximum Gasteiger partial charge on any atom is 0.269 e. The minimum absolute atomic E-state index is 0.162. The number of aromatic nitrogens is 1. The SMILES string of the molecule is COc1ccccc1CCNC(=O)c1ccc(N2CCCc3ccccc32)cn1. The number of anilines is 2. The lowest BCUT2D eigenvalue weighted by molar-refractivity contribution is 0.0949. The Kier molecular flexibility index (Phi) is 5.75. The molecule has 4 rings (SSSR count). The van der Waals surface area contributed by atoms with Crippen LogP contribution in [0, 0.1) is 0 Å². The first-order valence-electron chi connectivity index (χ1n) is 9.98. The molecule has 3 aromatic rings. The minimum Gasteiger partial charge on any atom is -0.496 e. The fourth-order valence-corrected chi connectivity index (χ4v) is 3.79. The van der Waals surface area contributed by atoms with Crippen molar-refractivity contribution in [2.75, 3.05) is 25.1 Å². The molecular weight excluding hydrogens is 362 g/mol. The molecule has 5 nitrogen and oxygen atoms in total. The normalized spacial score (nSPS) is 12.9. The molecule has 0 radical (unpaired) electrons. The van der Waals surface area contributed by atoms with Gasteiger partial charge < -0.3 is 15.0 Å². The Balaban J connectivity index is 1.39. The standard InChI is InChI=1S/C24H25N3O2/c1-29-23-11-5-3-8-19(23)14-15-25-24(28)21-13-12-20(17-26-21)27-16-6-9-18-7-2-4-10-22(18)27/h2-5,7-8,10-13,17H,6,9,14-16H2,1H3,(H,25,28). The number of nitrogens with one attached hydrogen (secondary N) is 1. The summed E-state index contributed by atoms with van der Waals surface area (Å²) < 4.78 is 5.35. The van der Waals surface area contributed by atoms with E-state index in [1.54, 1.807) is 19.4 Å². The second-order valence-electron chi connectivity index (χ2n) is 7.10. The van der Waals surface area contributed by atoms with Gasteiger partial charge in [-0.3, -0.25) is 4.79 Å². The van der Waals surface area contributed by atoms with E-state index in [0.29, 0.717) is 18.7 Å². The van der Waals surface area contributed by atoms with E-state index in [4.69, 9.17) is 4.74 Å². The molecule has 1 N–H and O–H groups in total. The molecule has 1 aliphatic heterocycles. The number of pyridine rings is 1. The van der Waals surface area contributed by atoms with Crippen molar-refractivity contribution < 1.29 is 9.53 Å². The number of hydrogen-bond acceptors (Lipinski definition) is 4. The van der Waals surface area contributed by atoms with Crippen LogP contribution >= 0.6 is 0 Å². The number of ether oxygens (including phenoxy) is 1. The van der Waals surface area contributed by atoms with Crippen LogP contribution in [0.2, 0.25) is 0 Å². The number of amides is 1. The van der Waals surface area contributed by atoms with Crippen molar-refractivity contribution in [1.29, 1.82) is 0 Å². The second-order valence-corrected chi connectivity index (χ2v) is 7.10. The lowest BCUT2D eigenvalue weighted by atomic mass is 10.0. The molecule has 0 saturated carbocycles. The van der Waals surface area contributed by atoms with Gasteiger partial charge in [0, 0.05) is 18.8 Å². The number of rotatable bonds is 6. The molecule has 2 heterocycles. The maximum absolute atomic E-state index is 12.5. The molecule has 0 saturated heterocycles. The number of fused-ring (bicyclic) bond motifs is 1. The quantitative estimate of drug-likeness (QED) is 0.690. The number of benzene rings is 2. The highest BCUT2D eigenvalue weighted by molar-refractivity contribution is 5.92. The summed E-state index contributed by atoms with van der Waals surface area (Å²) in [6.07, 6.45) is 4.71. The molecule has 0 aliphatic carbocycles. The Morgan fingerprint density at radius 3 is 2.76 bits per heavy atom. The number of nitrogens with zero attached hydrogens (tertiary/aromatic N) is 2. The number of para-hydroxylation sites is 2. The van der Waals surface area contributed by atoms with Gasteiger partial charge in [-0.15, -0.1) is 0 Å². The molecule has 1 aromatic heterocycles. The smallest absolute Gasteiger partial charge is 0.269 e. The Hall–Kier alpha value is -3.34. The van der Waals surface area contributed by atoms with Crippen LogP contribution < -0.4 is 15.0 Å². The zero-order chi connectivity index (χ0) is 20.1. The third kappa shape index (κ3) is 4.24. The monoisotopic (exact) mass is 387 g/mol. The average Bonchev–Trinajstić information content (AvgIpc) is 2.79. The first kappa shape index (κ1) is 19.0. The Morgan fingerprint density at radius 1 is 1.10 bits per heavy atom. The van der Waals surface area contributed by atoms with E-state index in [9.17, 15) is 4.79 Å². The van der Waals surface area contributed by atoms with Gasteiger partial charge in [0.1, 0.15) is 11.4 Å². The summed E-state index contributed by atoms with van der Waals surface area (Å²) in [5, 5.41) is 2.94.